The summed E-state index contributed by atoms with van der Waals surface area (Å²) in [6, 6.07) is 3.27. The van der Waals surface area contributed by atoms with Crippen LogP contribution in [0.5, 0.6) is 5.75 Å². The highest BCUT2D eigenvalue weighted by Crippen LogP contribution is 2.29. The third-order valence-corrected chi connectivity index (χ3v) is 1.59. The summed E-state index contributed by atoms with van der Waals surface area (Å²) in [5, 5.41) is 8.80. The molecule has 4 nitrogen and oxygen atoms in total. The third kappa shape index (κ3) is 1.43. The Balaban J connectivity index is 3.18. The van der Waals surface area contributed by atoms with Crippen molar-refractivity contribution in [2.75, 3.05) is 18.6 Å². The summed E-state index contributed by atoms with van der Waals surface area (Å²) in [7, 11) is 1.50. The van der Waals surface area contributed by atoms with Crippen LogP contribution in [0, 0.1) is 0 Å². The molecule has 5 N–H and O–H groups in total. The molecule has 0 radical (unpaired) electrons. The van der Waals surface area contributed by atoms with E-state index in [4.69, 9.17) is 21.3 Å². The van der Waals surface area contributed by atoms with Crippen molar-refractivity contribution in [1.82, 2.24) is 0 Å². The number of methoxy groups -OCH3 is 1. The van der Waals surface area contributed by atoms with E-state index in [0.717, 1.165) is 0 Å². The van der Waals surface area contributed by atoms with Gasteiger partial charge >= 0.3 is 0 Å². The van der Waals surface area contributed by atoms with E-state index in [1.807, 2.05) is 0 Å². The van der Waals surface area contributed by atoms with Gasteiger partial charge in [-0.3, -0.25) is 0 Å². The SMILES string of the molecule is COc1c(N)cc(CO)cc1N. The molecule has 0 aliphatic carbocycles. The van der Waals surface area contributed by atoms with Crippen molar-refractivity contribution in [3.8, 4) is 5.75 Å². The van der Waals surface area contributed by atoms with Crippen LogP contribution in [-0.2, 0) is 6.61 Å². The van der Waals surface area contributed by atoms with Crippen molar-refractivity contribution in [3.63, 3.8) is 0 Å². The lowest BCUT2D eigenvalue weighted by atomic mass is 10.1. The van der Waals surface area contributed by atoms with Gasteiger partial charge in [0.25, 0.3) is 0 Å². The average Bonchev–Trinajstić information content (AvgIpc) is 2.03. The van der Waals surface area contributed by atoms with E-state index in [0.29, 0.717) is 22.7 Å². The van der Waals surface area contributed by atoms with Crippen molar-refractivity contribution >= 4 is 11.4 Å². The van der Waals surface area contributed by atoms with Gasteiger partial charge in [-0.1, -0.05) is 0 Å². The number of aliphatic hydroxyl groups is 1. The van der Waals surface area contributed by atoms with Crippen LogP contribution < -0.4 is 16.2 Å². The molecule has 0 aromatic heterocycles. The quantitative estimate of drug-likeness (QED) is 0.556. The first-order valence-corrected chi connectivity index (χ1v) is 3.51. The molecule has 1 rings (SSSR count). The van der Waals surface area contributed by atoms with Crippen molar-refractivity contribution < 1.29 is 9.84 Å². The van der Waals surface area contributed by atoms with E-state index in [9.17, 15) is 0 Å². The van der Waals surface area contributed by atoms with Gasteiger partial charge in [0.1, 0.15) is 0 Å². The first-order valence-electron chi connectivity index (χ1n) is 3.51. The topological polar surface area (TPSA) is 81.5 Å². The molecule has 0 heterocycles. The molecule has 0 saturated heterocycles. The van der Waals surface area contributed by atoms with Gasteiger partial charge in [-0.05, 0) is 17.7 Å². The fraction of sp³-hybridized carbons (Fsp3) is 0.250. The van der Waals surface area contributed by atoms with E-state index in [2.05, 4.69) is 0 Å². The van der Waals surface area contributed by atoms with Crippen LogP contribution in [0.1, 0.15) is 5.56 Å². The lowest BCUT2D eigenvalue weighted by Crippen LogP contribution is -1.99. The number of nitrogens with two attached hydrogens (primary N) is 2. The predicted molar refractivity (Wildman–Crippen MR) is 47.7 cm³/mol. The second kappa shape index (κ2) is 3.32. The van der Waals surface area contributed by atoms with E-state index < -0.39 is 0 Å². The minimum atomic E-state index is -0.0710. The lowest BCUT2D eigenvalue weighted by Gasteiger charge is -2.08. The third-order valence-electron chi connectivity index (χ3n) is 1.59. The van der Waals surface area contributed by atoms with Crippen molar-refractivity contribution in [2.45, 2.75) is 6.61 Å². The summed E-state index contributed by atoms with van der Waals surface area (Å²) < 4.78 is 4.94. The summed E-state index contributed by atoms with van der Waals surface area (Å²) in [5.41, 5.74) is 12.8. The number of hydrogen-bond donors (Lipinski definition) is 3. The van der Waals surface area contributed by atoms with Crippen molar-refractivity contribution in [2.24, 2.45) is 0 Å². The zero-order chi connectivity index (χ0) is 9.14. The molecule has 0 fully saturated rings. The Morgan fingerprint density at radius 1 is 1.33 bits per heavy atom. The molecule has 0 atom stereocenters. The second-order valence-electron chi connectivity index (χ2n) is 2.47. The Morgan fingerprint density at radius 3 is 2.17 bits per heavy atom. The van der Waals surface area contributed by atoms with Gasteiger partial charge in [0.15, 0.2) is 5.75 Å². The highest BCUT2D eigenvalue weighted by atomic mass is 16.5. The van der Waals surface area contributed by atoms with Gasteiger partial charge in [0.05, 0.1) is 25.1 Å². The number of aliphatic hydroxyl groups excluding tert-OH is 1. The zero-order valence-corrected chi connectivity index (χ0v) is 6.87. The standard InChI is InChI=1S/C8H12N2O2/c1-12-8-6(9)2-5(4-11)3-7(8)10/h2-3,11H,4,9-10H2,1H3. The van der Waals surface area contributed by atoms with Gasteiger partial charge in [-0.25, -0.2) is 0 Å². The van der Waals surface area contributed by atoms with Crippen LogP contribution in [0.25, 0.3) is 0 Å². The molecule has 1 aromatic rings. The summed E-state index contributed by atoms with van der Waals surface area (Å²) >= 11 is 0. The Bertz CT molecular complexity index is 263. The van der Waals surface area contributed by atoms with Crippen molar-refractivity contribution in [1.29, 1.82) is 0 Å². The van der Waals surface area contributed by atoms with Crippen molar-refractivity contribution in [3.05, 3.63) is 17.7 Å². The lowest BCUT2D eigenvalue weighted by molar-refractivity contribution is 0.282. The van der Waals surface area contributed by atoms with Gasteiger partial charge in [-0.15, -0.1) is 0 Å². The van der Waals surface area contributed by atoms with E-state index in [1.54, 1.807) is 12.1 Å². The fourth-order valence-corrected chi connectivity index (χ4v) is 1.07. The minimum Gasteiger partial charge on any atom is -0.492 e. The van der Waals surface area contributed by atoms with Crippen LogP contribution in [0.2, 0.25) is 0 Å². The molecule has 0 saturated carbocycles. The Labute approximate surface area is 70.7 Å². The summed E-state index contributed by atoms with van der Waals surface area (Å²) in [4.78, 5) is 0. The maximum absolute atomic E-state index is 8.80. The van der Waals surface area contributed by atoms with Gasteiger partial charge in [-0.2, -0.15) is 0 Å². The zero-order valence-electron chi connectivity index (χ0n) is 6.87. The molecule has 4 heteroatoms. The van der Waals surface area contributed by atoms with Crippen LogP contribution in [0.4, 0.5) is 11.4 Å². The van der Waals surface area contributed by atoms with E-state index in [-0.39, 0.29) is 6.61 Å². The minimum absolute atomic E-state index is 0.0710. The number of rotatable bonds is 2. The average molecular weight is 168 g/mol. The largest absolute Gasteiger partial charge is 0.492 e. The molecule has 0 spiro atoms. The van der Waals surface area contributed by atoms with E-state index >= 15 is 0 Å². The fourth-order valence-electron chi connectivity index (χ4n) is 1.07. The summed E-state index contributed by atoms with van der Waals surface area (Å²) in [6.45, 7) is -0.0710. The first-order chi connectivity index (χ1) is 5.69. The molecule has 1 aromatic carbocycles. The normalized spacial score (nSPS) is 9.83. The highest BCUT2D eigenvalue weighted by Gasteiger charge is 2.05. The first kappa shape index (κ1) is 8.67. The Hall–Kier alpha value is -1.42. The maximum atomic E-state index is 8.80. The monoisotopic (exact) mass is 168 g/mol. The molecule has 0 unspecified atom stereocenters. The number of benzene rings is 1. The second-order valence-corrected chi connectivity index (χ2v) is 2.47. The van der Waals surface area contributed by atoms with Crippen LogP contribution >= 0.6 is 0 Å². The van der Waals surface area contributed by atoms with Crippen LogP contribution in [0.15, 0.2) is 12.1 Å². The molecule has 12 heavy (non-hydrogen) atoms. The molecular weight excluding hydrogens is 156 g/mol. The highest BCUT2D eigenvalue weighted by molar-refractivity contribution is 5.68. The number of nitrogen functional groups attached to an aromatic ring is 2. The molecule has 66 valence electrons. The smallest absolute Gasteiger partial charge is 0.164 e. The molecule has 0 aliphatic heterocycles. The van der Waals surface area contributed by atoms with Gasteiger partial charge < -0.3 is 21.3 Å². The molecule has 0 amide bonds. The number of anilines is 2. The summed E-state index contributed by atoms with van der Waals surface area (Å²) in [6.07, 6.45) is 0. The molecular formula is C8H12N2O2. The summed E-state index contributed by atoms with van der Waals surface area (Å²) in [5.74, 6) is 0.465. The van der Waals surface area contributed by atoms with E-state index in [1.165, 1.54) is 7.11 Å². The number of hydrogen-bond acceptors (Lipinski definition) is 4. The van der Waals surface area contributed by atoms with Gasteiger partial charge in [0, 0.05) is 0 Å². The Morgan fingerprint density at radius 2 is 1.83 bits per heavy atom. The maximum Gasteiger partial charge on any atom is 0.164 e. The molecule has 0 aliphatic rings. The number of ether oxygens (including phenoxy) is 1. The van der Waals surface area contributed by atoms with Gasteiger partial charge in [0.2, 0.25) is 0 Å². The van der Waals surface area contributed by atoms with Crippen LogP contribution in [0.3, 0.4) is 0 Å². The molecule has 0 bridgehead atoms. The predicted octanol–water partition coefficient (Wildman–Crippen LogP) is 0.352. The Kier molecular flexibility index (Phi) is 2.40. The van der Waals surface area contributed by atoms with Crippen LogP contribution in [-0.4, -0.2) is 12.2 Å².